The average molecular weight is 402 g/mol. The van der Waals surface area contributed by atoms with Crippen LogP contribution in [0.25, 0.3) is 22.0 Å². The van der Waals surface area contributed by atoms with Crippen molar-refractivity contribution in [3.05, 3.63) is 64.6 Å². The van der Waals surface area contributed by atoms with Crippen LogP contribution in [0.4, 0.5) is 0 Å². The lowest BCUT2D eigenvalue weighted by atomic mass is 9.87. The molecule has 1 aliphatic rings. The third-order valence-corrected chi connectivity index (χ3v) is 6.07. The maximum atomic E-state index is 12.1. The molecule has 0 spiro atoms. The Balaban J connectivity index is 1.94. The number of rotatable bonds is 4. The van der Waals surface area contributed by atoms with Crippen molar-refractivity contribution in [2.45, 2.75) is 40.2 Å². The molecule has 3 N–H and O–H groups in total. The number of amides is 2. The summed E-state index contributed by atoms with van der Waals surface area (Å²) in [7, 11) is 0. The molecule has 0 bridgehead atoms. The second-order valence-corrected chi connectivity index (χ2v) is 7.94. The Morgan fingerprint density at radius 2 is 2.07 bits per heavy atom. The van der Waals surface area contributed by atoms with Gasteiger partial charge in [0.15, 0.2) is 0 Å². The maximum absolute atomic E-state index is 12.1. The standard InChI is InChI=1S/C24H26N4O2/c1-5-21(30)28-10-9-17-16(12-28)7-6-8-18(17)23-15(4)26-19(11-20(25)29)24-22(23)13(2)14(3)27-24/h5-8,27H,1,9-12H2,2-4H3,(H2,25,29). The van der Waals surface area contributed by atoms with Gasteiger partial charge in [-0.15, -0.1) is 0 Å². The van der Waals surface area contributed by atoms with Gasteiger partial charge in [0.1, 0.15) is 0 Å². The number of pyridine rings is 1. The highest BCUT2D eigenvalue weighted by molar-refractivity contribution is 6.02. The molecule has 0 atom stereocenters. The predicted molar refractivity (Wildman–Crippen MR) is 118 cm³/mol. The number of nitrogens with zero attached hydrogens (tertiary/aromatic N) is 2. The van der Waals surface area contributed by atoms with Crippen molar-refractivity contribution in [3.8, 4) is 11.1 Å². The van der Waals surface area contributed by atoms with E-state index < -0.39 is 5.91 Å². The summed E-state index contributed by atoms with van der Waals surface area (Å²) in [6.45, 7) is 10.9. The SMILES string of the molecule is C=CC(=O)N1CCc2c(cccc2-c2c(C)nc(CC(N)=O)c3[nH]c(C)c(C)c23)C1. The van der Waals surface area contributed by atoms with Crippen molar-refractivity contribution in [2.75, 3.05) is 6.54 Å². The fourth-order valence-corrected chi connectivity index (χ4v) is 4.53. The minimum Gasteiger partial charge on any atom is -0.369 e. The molecule has 0 saturated heterocycles. The van der Waals surface area contributed by atoms with Crippen molar-refractivity contribution in [3.63, 3.8) is 0 Å². The highest BCUT2D eigenvalue weighted by atomic mass is 16.2. The van der Waals surface area contributed by atoms with Crippen molar-refractivity contribution >= 4 is 22.7 Å². The van der Waals surface area contributed by atoms with E-state index in [1.54, 1.807) is 0 Å². The van der Waals surface area contributed by atoms with Crippen LogP contribution in [0.15, 0.2) is 30.9 Å². The molecule has 6 heteroatoms. The molecule has 0 fully saturated rings. The Kier molecular flexibility index (Phi) is 4.94. The molecule has 0 aliphatic carbocycles. The lowest BCUT2D eigenvalue weighted by Gasteiger charge is -2.30. The summed E-state index contributed by atoms with van der Waals surface area (Å²) >= 11 is 0. The Labute approximate surface area is 175 Å². The molecule has 0 unspecified atom stereocenters. The predicted octanol–water partition coefficient (Wildman–Crippen LogP) is 3.25. The summed E-state index contributed by atoms with van der Waals surface area (Å²) in [6.07, 6.45) is 2.25. The number of carbonyl (C=O) groups excluding carboxylic acids is 2. The zero-order valence-corrected chi connectivity index (χ0v) is 17.6. The van der Waals surface area contributed by atoms with Crippen LogP contribution in [0.1, 0.15) is 33.8 Å². The van der Waals surface area contributed by atoms with E-state index in [1.165, 1.54) is 11.6 Å². The Morgan fingerprint density at radius 1 is 1.30 bits per heavy atom. The summed E-state index contributed by atoms with van der Waals surface area (Å²) in [5.41, 5.74) is 14.7. The van der Waals surface area contributed by atoms with Crippen LogP contribution in [0.5, 0.6) is 0 Å². The van der Waals surface area contributed by atoms with Gasteiger partial charge in [-0.05, 0) is 55.5 Å². The molecule has 1 aliphatic heterocycles. The average Bonchev–Trinajstić information content (AvgIpc) is 3.01. The van der Waals surface area contributed by atoms with Crippen LogP contribution in [0, 0.1) is 20.8 Å². The van der Waals surface area contributed by atoms with Gasteiger partial charge in [0.25, 0.3) is 0 Å². The normalized spacial score (nSPS) is 13.4. The van der Waals surface area contributed by atoms with Gasteiger partial charge in [-0.1, -0.05) is 24.8 Å². The molecule has 0 saturated carbocycles. The third kappa shape index (κ3) is 3.18. The minimum atomic E-state index is -0.398. The quantitative estimate of drug-likeness (QED) is 0.656. The zero-order valence-electron chi connectivity index (χ0n) is 17.6. The first kappa shape index (κ1) is 19.9. The first-order chi connectivity index (χ1) is 14.3. The number of fused-ring (bicyclic) bond motifs is 2. The number of nitrogens with two attached hydrogens (primary N) is 1. The van der Waals surface area contributed by atoms with Crippen molar-refractivity contribution in [2.24, 2.45) is 5.73 Å². The maximum Gasteiger partial charge on any atom is 0.246 e. The lowest BCUT2D eigenvalue weighted by Crippen LogP contribution is -2.34. The first-order valence-electron chi connectivity index (χ1n) is 10.1. The van der Waals surface area contributed by atoms with Crippen LogP contribution in [0.3, 0.4) is 0 Å². The van der Waals surface area contributed by atoms with E-state index in [1.807, 2.05) is 24.8 Å². The summed E-state index contributed by atoms with van der Waals surface area (Å²) in [6, 6.07) is 6.24. The number of benzene rings is 1. The topological polar surface area (TPSA) is 92.1 Å². The van der Waals surface area contributed by atoms with E-state index in [0.29, 0.717) is 18.8 Å². The van der Waals surface area contributed by atoms with Crippen molar-refractivity contribution in [1.29, 1.82) is 0 Å². The molecular formula is C24H26N4O2. The Bertz CT molecular complexity index is 1210. The fourth-order valence-electron chi connectivity index (χ4n) is 4.53. The number of aromatic amines is 1. The first-order valence-corrected chi connectivity index (χ1v) is 10.1. The monoisotopic (exact) mass is 402 g/mol. The Morgan fingerprint density at radius 3 is 2.77 bits per heavy atom. The molecule has 4 rings (SSSR count). The summed E-state index contributed by atoms with van der Waals surface area (Å²) in [4.78, 5) is 33.7. The molecule has 2 amide bonds. The van der Waals surface area contributed by atoms with Crippen molar-refractivity contribution in [1.82, 2.24) is 14.9 Å². The number of aromatic nitrogens is 2. The van der Waals surface area contributed by atoms with E-state index in [-0.39, 0.29) is 12.3 Å². The highest BCUT2D eigenvalue weighted by Gasteiger charge is 2.25. The summed E-state index contributed by atoms with van der Waals surface area (Å²) < 4.78 is 0. The van der Waals surface area contributed by atoms with Gasteiger partial charge in [-0.2, -0.15) is 0 Å². The second kappa shape index (κ2) is 7.44. The molecule has 0 radical (unpaired) electrons. The van der Waals surface area contributed by atoms with Gasteiger partial charge in [0.2, 0.25) is 11.8 Å². The molecule has 3 heterocycles. The molecule has 6 nitrogen and oxygen atoms in total. The molecule has 3 aromatic rings. The number of primary amides is 1. The van der Waals surface area contributed by atoms with E-state index in [9.17, 15) is 9.59 Å². The number of hydrogen-bond acceptors (Lipinski definition) is 3. The van der Waals surface area contributed by atoms with Gasteiger partial charge in [0.05, 0.1) is 17.6 Å². The van der Waals surface area contributed by atoms with Crippen LogP contribution in [0.2, 0.25) is 0 Å². The van der Waals surface area contributed by atoms with Crippen LogP contribution in [-0.2, 0) is 29.0 Å². The van der Waals surface area contributed by atoms with E-state index >= 15 is 0 Å². The number of nitrogens with one attached hydrogen (secondary N) is 1. The molecule has 2 aromatic heterocycles. The van der Waals surface area contributed by atoms with Gasteiger partial charge in [-0.3, -0.25) is 14.6 Å². The lowest BCUT2D eigenvalue weighted by molar-refractivity contribution is -0.126. The Hall–Kier alpha value is -3.41. The summed E-state index contributed by atoms with van der Waals surface area (Å²) in [5, 5.41) is 1.09. The van der Waals surface area contributed by atoms with Crippen molar-refractivity contribution < 1.29 is 9.59 Å². The molecular weight excluding hydrogens is 376 g/mol. The zero-order chi connectivity index (χ0) is 21.6. The number of carbonyl (C=O) groups is 2. The molecule has 30 heavy (non-hydrogen) atoms. The van der Waals surface area contributed by atoms with Gasteiger partial charge in [-0.25, -0.2) is 0 Å². The van der Waals surface area contributed by atoms with E-state index in [2.05, 4.69) is 30.6 Å². The van der Waals surface area contributed by atoms with Crippen LogP contribution < -0.4 is 5.73 Å². The largest absolute Gasteiger partial charge is 0.369 e. The van der Waals surface area contributed by atoms with Crippen LogP contribution in [-0.4, -0.2) is 33.2 Å². The summed E-state index contributed by atoms with van der Waals surface area (Å²) in [5.74, 6) is -0.441. The van der Waals surface area contributed by atoms with Gasteiger partial charge in [0, 0.05) is 35.4 Å². The number of H-pyrrole nitrogens is 1. The van der Waals surface area contributed by atoms with Crippen LogP contribution >= 0.6 is 0 Å². The second-order valence-electron chi connectivity index (χ2n) is 7.94. The van der Waals surface area contributed by atoms with Gasteiger partial charge < -0.3 is 15.6 Å². The van der Waals surface area contributed by atoms with E-state index in [4.69, 9.17) is 10.7 Å². The smallest absolute Gasteiger partial charge is 0.246 e. The highest BCUT2D eigenvalue weighted by Crippen LogP contribution is 2.39. The van der Waals surface area contributed by atoms with E-state index in [0.717, 1.165) is 51.0 Å². The minimum absolute atomic E-state index is 0.0424. The third-order valence-electron chi connectivity index (χ3n) is 6.07. The number of aryl methyl sites for hydroxylation is 3. The fraction of sp³-hybridized carbons (Fsp3) is 0.292. The molecule has 154 valence electrons. The van der Waals surface area contributed by atoms with Gasteiger partial charge >= 0.3 is 0 Å². The molecule has 1 aromatic carbocycles. The number of hydrogen-bond donors (Lipinski definition) is 2.